The number of aromatic nitrogens is 1. The van der Waals surface area contributed by atoms with E-state index >= 15 is 0 Å². The van der Waals surface area contributed by atoms with Crippen LogP contribution in [0.3, 0.4) is 0 Å². The molecule has 0 unspecified atom stereocenters. The lowest BCUT2D eigenvalue weighted by Gasteiger charge is -2.23. The number of carbonyl (C=O) groups excluding carboxylic acids is 1. The number of amides is 1. The Kier molecular flexibility index (Phi) is 5.66. The predicted molar refractivity (Wildman–Crippen MR) is 98.7 cm³/mol. The van der Waals surface area contributed by atoms with Crippen molar-refractivity contribution in [2.24, 2.45) is 7.05 Å². The van der Waals surface area contributed by atoms with E-state index in [0.29, 0.717) is 31.5 Å². The van der Waals surface area contributed by atoms with Gasteiger partial charge in [-0.2, -0.15) is 0 Å². The van der Waals surface area contributed by atoms with Gasteiger partial charge in [-0.05, 0) is 41.6 Å². The molecule has 25 heavy (non-hydrogen) atoms. The molecule has 3 aromatic rings. The van der Waals surface area contributed by atoms with Gasteiger partial charge >= 0.3 is 0 Å². The fourth-order valence-electron chi connectivity index (χ4n) is 2.78. The van der Waals surface area contributed by atoms with Crippen molar-refractivity contribution in [3.05, 3.63) is 82.1 Å². The van der Waals surface area contributed by atoms with E-state index in [4.69, 9.17) is 0 Å². The third kappa shape index (κ3) is 4.57. The molecule has 0 spiro atoms. The van der Waals surface area contributed by atoms with Crippen molar-refractivity contribution in [1.29, 1.82) is 0 Å². The Morgan fingerprint density at radius 2 is 1.96 bits per heavy atom. The first-order valence-corrected chi connectivity index (χ1v) is 9.15. The standard InChI is InChI=1S/C20H21FN2OS/c1-22-12-4-7-17(22)14-23(15-18-8-5-13-25-18)20(24)11-10-16-6-2-3-9-19(16)21/h2-9,12-13H,10-11,14-15H2,1H3. The zero-order valence-electron chi connectivity index (χ0n) is 14.2. The van der Waals surface area contributed by atoms with E-state index in [0.717, 1.165) is 10.6 Å². The van der Waals surface area contributed by atoms with Crippen molar-refractivity contribution >= 4 is 17.2 Å². The fraction of sp³-hybridized carbons (Fsp3) is 0.250. The Bertz CT molecular complexity index is 826. The van der Waals surface area contributed by atoms with Gasteiger partial charge in [-0.1, -0.05) is 24.3 Å². The van der Waals surface area contributed by atoms with Crippen LogP contribution in [0.4, 0.5) is 4.39 Å². The summed E-state index contributed by atoms with van der Waals surface area (Å²) in [7, 11) is 1.97. The van der Waals surface area contributed by atoms with E-state index in [2.05, 4.69) is 0 Å². The maximum Gasteiger partial charge on any atom is 0.223 e. The van der Waals surface area contributed by atoms with Gasteiger partial charge in [-0.25, -0.2) is 4.39 Å². The topological polar surface area (TPSA) is 25.2 Å². The minimum Gasteiger partial charge on any atom is -0.353 e. The second kappa shape index (κ2) is 8.12. The number of nitrogens with zero attached hydrogens (tertiary/aromatic N) is 2. The Morgan fingerprint density at radius 1 is 1.12 bits per heavy atom. The zero-order valence-corrected chi connectivity index (χ0v) is 15.0. The highest BCUT2D eigenvalue weighted by molar-refractivity contribution is 7.09. The molecular formula is C20H21FN2OS. The number of hydrogen-bond donors (Lipinski definition) is 0. The van der Waals surface area contributed by atoms with E-state index < -0.39 is 0 Å². The summed E-state index contributed by atoms with van der Waals surface area (Å²) < 4.78 is 15.8. The van der Waals surface area contributed by atoms with Crippen molar-refractivity contribution < 1.29 is 9.18 Å². The molecule has 0 aliphatic carbocycles. The van der Waals surface area contributed by atoms with Crippen LogP contribution < -0.4 is 0 Å². The number of thiophene rings is 1. The second-order valence-corrected chi connectivity index (χ2v) is 7.06. The Morgan fingerprint density at radius 3 is 2.64 bits per heavy atom. The summed E-state index contributed by atoms with van der Waals surface area (Å²) in [6.07, 6.45) is 2.69. The van der Waals surface area contributed by atoms with Gasteiger partial charge in [-0.15, -0.1) is 11.3 Å². The first kappa shape index (κ1) is 17.4. The van der Waals surface area contributed by atoms with Crippen molar-refractivity contribution in [3.8, 4) is 0 Å². The molecular weight excluding hydrogens is 335 g/mol. The summed E-state index contributed by atoms with van der Waals surface area (Å²) >= 11 is 1.64. The van der Waals surface area contributed by atoms with Crippen molar-refractivity contribution in [1.82, 2.24) is 9.47 Å². The van der Waals surface area contributed by atoms with Crippen LogP contribution in [0.5, 0.6) is 0 Å². The van der Waals surface area contributed by atoms with Crippen LogP contribution in [0.1, 0.15) is 22.6 Å². The largest absolute Gasteiger partial charge is 0.353 e. The SMILES string of the molecule is Cn1cccc1CN(Cc1cccs1)C(=O)CCc1ccccc1F. The number of carbonyl (C=O) groups is 1. The lowest BCUT2D eigenvalue weighted by Crippen LogP contribution is -2.30. The molecule has 1 amide bonds. The lowest BCUT2D eigenvalue weighted by molar-refractivity contribution is -0.132. The van der Waals surface area contributed by atoms with Gasteiger partial charge in [-0.3, -0.25) is 4.79 Å². The van der Waals surface area contributed by atoms with Gasteiger partial charge in [0.2, 0.25) is 5.91 Å². The summed E-state index contributed by atoms with van der Waals surface area (Å²) in [5, 5.41) is 2.01. The molecule has 3 nitrogen and oxygen atoms in total. The number of rotatable bonds is 7. The molecule has 1 aromatic carbocycles. The molecule has 3 rings (SSSR count). The van der Waals surface area contributed by atoms with Crippen LogP contribution in [0.25, 0.3) is 0 Å². The lowest BCUT2D eigenvalue weighted by atomic mass is 10.1. The van der Waals surface area contributed by atoms with Gasteiger partial charge in [0.15, 0.2) is 0 Å². The molecule has 0 aliphatic rings. The average Bonchev–Trinajstić information content (AvgIpc) is 3.25. The van der Waals surface area contributed by atoms with Gasteiger partial charge in [0.05, 0.1) is 13.1 Å². The molecule has 0 saturated heterocycles. The molecule has 0 N–H and O–H groups in total. The molecule has 0 atom stereocenters. The van der Waals surface area contributed by atoms with E-state index in [9.17, 15) is 9.18 Å². The van der Waals surface area contributed by atoms with Crippen molar-refractivity contribution in [2.45, 2.75) is 25.9 Å². The summed E-state index contributed by atoms with van der Waals surface area (Å²) in [4.78, 5) is 15.8. The normalized spacial score (nSPS) is 10.8. The zero-order chi connectivity index (χ0) is 17.6. The van der Waals surface area contributed by atoms with E-state index in [1.807, 2.05) is 52.4 Å². The third-order valence-electron chi connectivity index (χ3n) is 4.25. The van der Waals surface area contributed by atoms with Crippen LogP contribution in [0, 0.1) is 5.82 Å². The quantitative estimate of drug-likeness (QED) is 0.616. The van der Waals surface area contributed by atoms with Gasteiger partial charge in [0.25, 0.3) is 0 Å². The maximum atomic E-state index is 13.8. The fourth-order valence-corrected chi connectivity index (χ4v) is 3.50. The summed E-state index contributed by atoms with van der Waals surface area (Å²) in [5.41, 5.74) is 1.67. The molecule has 5 heteroatoms. The summed E-state index contributed by atoms with van der Waals surface area (Å²) in [6, 6.07) is 14.7. The smallest absolute Gasteiger partial charge is 0.223 e. The third-order valence-corrected chi connectivity index (χ3v) is 5.11. The van der Waals surface area contributed by atoms with Gasteiger partial charge < -0.3 is 9.47 Å². The Labute approximate surface area is 151 Å². The monoisotopic (exact) mass is 356 g/mol. The first-order chi connectivity index (χ1) is 12.1. The van der Waals surface area contributed by atoms with E-state index in [-0.39, 0.29) is 11.7 Å². The molecule has 2 aromatic heterocycles. The minimum absolute atomic E-state index is 0.0397. The highest BCUT2D eigenvalue weighted by Crippen LogP contribution is 2.17. The van der Waals surface area contributed by atoms with Crippen LogP contribution in [0.2, 0.25) is 0 Å². The number of aryl methyl sites for hydroxylation is 2. The number of benzene rings is 1. The average molecular weight is 356 g/mol. The molecule has 2 heterocycles. The number of halogens is 1. The molecule has 0 bridgehead atoms. The molecule has 0 fully saturated rings. The highest BCUT2D eigenvalue weighted by atomic mass is 32.1. The molecule has 0 radical (unpaired) electrons. The van der Waals surface area contributed by atoms with Crippen LogP contribution >= 0.6 is 11.3 Å². The van der Waals surface area contributed by atoms with Gasteiger partial charge in [0.1, 0.15) is 5.82 Å². The second-order valence-electron chi connectivity index (χ2n) is 6.03. The molecule has 0 aliphatic heterocycles. The van der Waals surface area contributed by atoms with Crippen LogP contribution in [-0.4, -0.2) is 15.4 Å². The van der Waals surface area contributed by atoms with E-state index in [1.165, 1.54) is 6.07 Å². The van der Waals surface area contributed by atoms with E-state index in [1.54, 1.807) is 29.5 Å². The maximum absolute atomic E-state index is 13.8. The van der Waals surface area contributed by atoms with Crippen LogP contribution in [-0.2, 0) is 31.4 Å². The summed E-state index contributed by atoms with van der Waals surface area (Å²) in [6.45, 7) is 1.14. The van der Waals surface area contributed by atoms with Gasteiger partial charge in [0, 0.05) is 30.2 Å². The minimum atomic E-state index is -0.248. The Hall–Kier alpha value is -2.40. The Balaban J connectivity index is 1.70. The van der Waals surface area contributed by atoms with Crippen molar-refractivity contribution in [3.63, 3.8) is 0 Å². The van der Waals surface area contributed by atoms with Crippen LogP contribution in [0.15, 0.2) is 60.1 Å². The molecule has 130 valence electrons. The van der Waals surface area contributed by atoms with Crippen molar-refractivity contribution in [2.75, 3.05) is 0 Å². The highest BCUT2D eigenvalue weighted by Gasteiger charge is 2.17. The number of hydrogen-bond acceptors (Lipinski definition) is 2. The molecule has 0 saturated carbocycles. The predicted octanol–water partition coefficient (Wildman–Crippen LogP) is 4.39. The first-order valence-electron chi connectivity index (χ1n) is 8.27. The summed E-state index contributed by atoms with van der Waals surface area (Å²) in [5.74, 6) is -0.208.